The first-order valence-corrected chi connectivity index (χ1v) is 4.10. The molecule has 0 unspecified atom stereocenters. The molecule has 4 N–H and O–H groups in total. The van der Waals surface area contributed by atoms with E-state index < -0.39 is 0 Å². The molecule has 0 aliphatic rings. The number of anilines is 2. The van der Waals surface area contributed by atoms with Gasteiger partial charge in [-0.25, -0.2) is 9.37 Å². The molecule has 0 aliphatic carbocycles. The summed E-state index contributed by atoms with van der Waals surface area (Å²) in [6.45, 7) is 0. The van der Waals surface area contributed by atoms with E-state index in [1.54, 1.807) is 0 Å². The fraction of sp³-hybridized carbons (Fsp3) is 0. The zero-order chi connectivity index (χ0) is 8.72. The predicted molar refractivity (Wildman–Crippen MR) is 48.4 cm³/mol. The van der Waals surface area contributed by atoms with E-state index in [1.165, 1.54) is 12.1 Å². The molecule has 2 aromatic rings. The predicted octanol–water partition coefficient (Wildman–Crippen LogP) is 1.60. The number of hydrogen-bond acceptors (Lipinski definition) is 4. The van der Waals surface area contributed by atoms with Gasteiger partial charge in [0, 0.05) is 0 Å². The molecule has 5 heteroatoms. The van der Waals surface area contributed by atoms with Crippen LogP contribution in [0.2, 0.25) is 0 Å². The second-order valence-electron chi connectivity index (χ2n) is 2.37. The number of aromatic nitrogens is 1. The van der Waals surface area contributed by atoms with Crippen LogP contribution in [-0.4, -0.2) is 4.98 Å². The maximum atomic E-state index is 13.0. The molecule has 62 valence electrons. The van der Waals surface area contributed by atoms with Gasteiger partial charge in [-0.05, 0) is 12.1 Å². The van der Waals surface area contributed by atoms with Crippen molar-refractivity contribution in [3.63, 3.8) is 0 Å². The minimum Gasteiger partial charge on any atom is -0.397 e. The molecule has 0 fully saturated rings. The number of fused-ring (bicyclic) bond motifs is 1. The first-order chi connectivity index (χ1) is 5.68. The van der Waals surface area contributed by atoms with E-state index in [9.17, 15) is 4.39 Å². The molecule has 3 nitrogen and oxygen atoms in total. The summed E-state index contributed by atoms with van der Waals surface area (Å²) in [7, 11) is 0. The van der Waals surface area contributed by atoms with Crippen molar-refractivity contribution in [3.05, 3.63) is 17.9 Å². The molecular weight excluding hydrogens is 177 g/mol. The van der Waals surface area contributed by atoms with Gasteiger partial charge in [0.05, 0.1) is 10.4 Å². The zero-order valence-electron chi connectivity index (χ0n) is 6.04. The van der Waals surface area contributed by atoms with Crippen LogP contribution in [0.15, 0.2) is 12.1 Å². The second kappa shape index (κ2) is 2.31. The Morgan fingerprint density at radius 1 is 1.33 bits per heavy atom. The van der Waals surface area contributed by atoms with Crippen molar-refractivity contribution in [3.8, 4) is 0 Å². The molecule has 0 radical (unpaired) electrons. The average molecular weight is 183 g/mol. The Hall–Kier alpha value is -1.36. The van der Waals surface area contributed by atoms with Gasteiger partial charge in [-0.3, -0.25) is 0 Å². The highest BCUT2D eigenvalue weighted by Gasteiger charge is 2.08. The van der Waals surface area contributed by atoms with Gasteiger partial charge in [-0.15, -0.1) is 0 Å². The SMILES string of the molecule is Nc1nc2c(N)ccc(F)c2s1. The molecule has 0 aliphatic heterocycles. The number of rotatable bonds is 0. The maximum Gasteiger partial charge on any atom is 0.181 e. The summed E-state index contributed by atoms with van der Waals surface area (Å²) in [6, 6.07) is 2.80. The van der Waals surface area contributed by atoms with Gasteiger partial charge in [-0.1, -0.05) is 11.3 Å². The van der Waals surface area contributed by atoms with Gasteiger partial charge in [-0.2, -0.15) is 0 Å². The van der Waals surface area contributed by atoms with Crippen LogP contribution >= 0.6 is 11.3 Å². The summed E-state index contributed by atoms with van der Waals surface area (Å²) in [5.41, 5.74) is 11.9. The number of benzene rings is 1. The van der Waals surface area contributed by atoms with Crippen LogP contribution in [-0.2, 0) is 0 Å². The quantitative estimate of drug-likeness (QED) is 0.610. The van der Waals surface area contributed by atoms with E-state index in [0.29, 0.717) is 21.0 Å². The monoisotopic (exact) mass is 183 g/mol. The summed E-state index contributed by atoms with van der Waals surface area (Å²) in [4.78, 5) is 3.90. The van der Waals surface area contributed by atoms with Gasteiger partial charge in [0.1, 0.15) is 11.3 Å². The van der Waals surface area contributed by atoms with E-state index in [4.69, 9.17) is 11.5 Å². The van der Waals surface area contributed by atoms with Gasteiger partial charge in [0.25, 0.3) is 0 Å². The Bertz CT molecular complexity index is 398. The Morgan fingerprint density at radius 3 is 2.75 bits per heavy atom. The highest BCUT2D eigenvalue weighted by atomic mass is 32.1. The lowest BCUT2D eigenvalue weighted by Gasteiger charge is -1.93. The number of nitrogens with two attached hydrogens (primary N) is 2. The highest BCUT2D eigenvalue weighted by molar-refractivity contribution is 7.22. The van der Waals surface area contributed by atoms with Crippen LogP contribution in [0.3, 0.4) is 0 Å². The minimum atomic E-state index is -0.326. The van der Waals surface area contributed by atoms with Crippen LogP contribution < -0.4 is 11.5 Å². The fourth-order valence-corrected chi connectivity index (χ4v) is 1.78. The lowest BCUT2D eigenvalue weighted by Crippen LogP contribution is -1.88. The highest BCUT2D eigenvalue weighted by Crippen LogP contribution is 2.29. The van der Waals surface area contributed by atoms with Crippen molar-refractivity contribution in [2.75, 3.05) is 11.5 Å². The summed E-state index contributed by atoms with van der Waals surface area (Å²) in [5.74, 6) is -0.326. The molecular formula is C7H6FN3S. The normalized spacial score (nSPS) is 10.8. The van der Waals surface area contributed by atoms with Crippen molar-refractivity contribution < 1.29 is 4.39 Å². The first-order valence-electron chi connectivity index (χ1n) is 3.28. The van der Waals surface area contributed by atoms with Crippen LogP contribution in [0.4, 0.5) is 15.2 Å². The van der Waals surface area contributed by atoms with Crippen molar-refractivity contribution in [1.82, 2.24) is 4.98 Å². The van der Waals surface area contributed by atoms with Crippen molar-refractivity contribution >= 4 is 32.4 Å². The van der Waals surface area contributed by atoms with Crippen molar-refractivity contribution in [2.24, 2.45) is 0 Å². The molecule has 0 bridgehead atoms. The lowest BCUT2D eigenvalue weighted by atomic mass is 10.3. The van der Waals surface area contributed by atoms with Gasteiger partial charge >= 0.3 is 0 Å². The van der Waals surface area contributed by atoms with E-state index in [0.717, 1.165) is 11.3 Å². The van der Waals surface area contributed by atoms with Gasteiger partial charge in [0.2, 0.25) is 0 Å². The number of hydrogen-bond donors (Lipinski definition) is 2. The Balaban J connectivity index is 2.93. The van der Waals surface area contributed by atoms with Crippen LogP contribution in [0.1, 0.15) is 0 Å². The third kappa shape index (κ3) is 0.902. The van der Waals surface area contributed by atoms with Crippen molar-refractivity contribution in [2.45, 2.75) is 0 Å². The summed E-state index contributed by atoms with van der Waals surface area (Å²) in [6.07, 6.45) is 0. The number of halogens is 1. The number of nitrogen functional groups attached to an aromatic ring is 2. The molecule has 12 heavy (non-hydrogen) atoms. The molecule has 1 aromatic heterocycles. The van der Waals surface area contributed by atoms with Gasteiger partial charge in [0.15, 0.2) is 5.13 Å². The molecule has 0 saturated carbocycles. The Labute approximate surface area is 71.8 Å². The summed E-state index contributed by atoms with van der Waals surface area (Å²) >= 11 is 1.10. The van der Waals surface area contributed by atoms with Crippen molar-refractivity contribution in [1.29, 1.82) is 0 Å². The van der Waals surface area contributed by atoms with Crippen LogP contribution in [0.25, 0.3) is 10.2 Å². The van der Waals surface area contributed by atoms with E-state index in [2.05, 4.69) is 4.98 Å². The molecule has 0 spiro atoms. The topological polar surface area (TPSA) is 64.9 Å². The van der Waals surface area contributed by atoms with Crippen LogP contribution in [0.5, 0.6) is 0 Å². The second-order valence-corrected chi connectivity index (χ2v) is 3.40. The Morgan fingerprint density at radius 2 is 2.08 bits per heavy atom. The minimum absolute atomic E-state index is 0.326. The third-order valence-corrected chi connectivity index (χ3v) is 2.44. The smallest absolute Gasteiger partial charge is 0.181 e. The maximum absolute atomic E-state index is 13.0. The van der Waals surface area contributed by atoms with E-state index in [1.807, 2.05) is 0 Å². The molecule has 1 aromatic carbocycles. The number of thiazole rings is 1. The summed E-state index contributed by atoms with van der Waals surface area (Å²) < 4.78 is 13.5. The fourth-order valence-electron chi connectivity index (χ4n) is 1.01. The molecule has 0 saturated heterocycles. The third-order valence-electron chi connectivity index (χ3n) is 1.54. The number of nitrogens with zero attached hydrogens (tertiary/aromatic N) is 1. The largest absolute Gasteiger partial charge is 0.397 e. The van der Waals surface area contributed by atoms with E-state index in [-0.39, 0.29) is 5.82 Å². The van der Waals surface area contributed by atoms with Crippen LogP contribution in [0, 0.1) is 5.82 Å². The molecule has 0 atom stereocenters. The molecule has 2 rings (SSSR count). The first kappa shape index (κ1) is 7.30. The van der Waals surface area contributed by atoms with E-state index >= 15 is 0 Å². The Kier molecular flexibility index (Phi) is 1.41. The lowest BCUT2D eigenvalue weighted by molar-refractivity contribution is 0.641. The molecule has 0 amide bonds. The summed E-state index contributed by atoms with van der Waals surface area (Å²) in [5, 5.41) is 0.335. The molecule has 1 heterocycles. The van der Waals surface area contributed by atoms with Gasteiger partial charge < -0.3 is 11.5 Å². The standard InChI is InChI=1S/C7H6FN3S/c8-3-1-2-4(9)5-6(3)12-7(10)11-5/h1-2H,9H2,(H2,10,11). The zero-order valence-corrected chi connectivity index (χ0v) is 6.86. The average Bonchev–Trinajstić information content (AvgIpc) is 2.41.